The number of allylic oxidation sites excluding steroid dienone is 1. The number of ether oxygens (including phenoxy) is 1. The van der Waals surface area contributed by atoms with Crippen molar-refractivity contribution < 1.29 is 9.53 Å². The van der Waals surface area contributed by atoms with Crippen LogP contribution in [0.3, 0.4) is 0 Å². The molecule has 3 rings (SSSR count). The van der Waals surface area contributed by atoms with Gasteiger partial charge in [-0.3, -0.25) is 4.79 Å². The molecule has 3 aromatic rings. The molecule has 0 aliphatic heterocycles. The van der Waals surface area contributed by atoms with Crippen LogP contribution in [0.5, 0.6) is 0 Å². The van der Waals surface area contributed by atoms with Crippen LogP contribution in [0.15, 0.2) is 66.7 Å². The van der Waals surface area contributed by atoms with Crippen molar-refractivity contribution in [2.75, 3.05) is 6.61 Å². The molecule has 0 aliphatic carbocycles. The third kappa shape index (κ3) is 7.33. The summed E-state index contributed by atoms with van der Waals surface area (Å²) < 4.78 is 5.83. The van der Waals surface area contributed by atoms with Gasteiger partial charge < -0.3 is 15.8 Å². The molecular weight excluding hydrogens is 430 g/mol. The summed E-state index contributed by atoms with van der Waals surface area (Å²) in [5, 5.41) is 24.9. The summed E-state index contributed by atoms with van der Waals surface area (Å²) in [6, 6.07) is 20.5. The van der Waals surface area contributed by atoms with Crippen molar-refractivity contribution in [3.63, 3.8) is 0 Å². The van der Waals surface area contributed by atoms with E-state index >= 15 is 0 Å². The third-order valence-electron chi connectivity index (χ3n) is 4.95. The van der Waals surface area contributed by atoms with E-state index in [1.807, 2.05) is 72.8 Å². The van der Waals surface area contributed by atoms with Crippen LogP contribution in [0, 0.1) is 11.3 Å². The molecular formula is C25H29N7O2. The average Bonchev–Trinajstić information content (AvgIpc) is 3.32. The SMILES string of the molecule is CC(C)(N)C(=O)N[C@H](COCc1ccccc1)c1nnn(C(C=Cc2ccccc2)CC#N)n1. The lowest BCUT2D eigenvalue weighted by atomic mass is 10.1. The number of tetrazole rings is 1. The Balaban J connectivity index is 1.76. The van der Waals surface area contributed by atoms with Gasteiger partial charge in [-0.2, -0.15) is 10.1 Å². The Labute approximate surface area is 199 Å². The number of carbonyl (C=O) groups excluding carboxylic acids is 1. The van der Waals surface area contributed by atoms with E-state index in [4.69, 9.17) is 10.5 Å². The van der Waals surface area contributed by atoms with Gasteiger partial charge in [-0.05, 0) is 30.2 Å². The van der Waals surface area contributed by atoms with Gasteiger partial charge in [-0.15, -0.1) is 10.2 Å². The highest BCUT2D eigenvalue weighted by atomic mass is 16.5. The van der Waals surface area contributed by atoms with Gasteiger partial charge in [-0.1, -0.05) is 72.8 Å². The molecule has 0 bridgehead atoms. The molecule has 0 fully saturated rings. The number of nitrogens with two attached hydrogens (primary N) is 1. The molecule has 0 spiro atoms. The second kappa shape index (κ2) is 11.8. The fourth-order valence-corrected chi connectivity index (χ4v) is 3.02. The maximum absolute atomic E-state index is 12.6. The third-order valence-corrected chi connectivity index (χ3v) is 4.95. The van der Waals surface area contributed by atoms with Gasteiger partial charge in [0.1, 0.15) is 12.1 Å². The molecule has 1 unspecified atom stereocenters. The topological polar surface area (TPSA) is 132 Å². The zero-order valence-corrected chi connectivity index (χ0v) is 19.3. The minimum absolute atomic E-state index is 0.130. The van der Waals surface area contributed by atoms with E-state index in [1.54, 1.807) is 13.8 Å². The molecule has 1 amide bonds. The molecule has 0 radical (unpaired) electrons. The van der Waals surface area contributed by atoms with Crippen LogP contribution in [0.25, 0.3) is 6.08 Å². The van der Waals surface area contributed by atoms with Crippen LogP contribution in [0.4, 0.5) is 0 Å². The molecule has 34 heavy (non-hydrogen) atoms. The van der Waals surface area contributed by atoms with E-state index in [0.717, 1.165) is 11.1 Å². The number of nitriles is 1. The van der Waals surface area contributed by atoms with Gasteiger partial charge in [-0.25, -0.2) is 0 Å². The first-order valence-corrected chi connectivity index (χ1v) is 11.0. The number of nitrogens with one attached hydrogen (secondary N) is 1. The largest absolute Gasteiger partial charge is 0.374 e. The van der Waals surface area contributed by atoms with Crippen molar-refractivity contribution in [2.45, 2.75) is 44.5 Å². The van der Waals surface area contributed by atoms with Crippen LogP contribution < -0.4 is 11.1 Å². The maximum atomic E-state index is 12.6. The van der Waals surface area contributed by atoms with Crippen LogP contribution in [0.2, 0.25) is 0 Å². The normalized spacial score (nSPS) is 13.4. The predicted octanol–water partition coefficient (Wildman–Crippen LogP) is 2.95. The molecule has 1 heterocycles. The Hall–Kier alpha value is -3.87. The number of aromatic nitrogens is 4. The van der Waals surface area contributed by atoms with Gasteiger partial charge in [0.05, 0.1) is 31.2 Å². The molecule has 3 N–H and O–H groups in total. The molecule has 2 aromatic carbocycles. The summed E-state index contributed by atoms with van der Waals surface area (Å²) >= 11 is 0. The number of rotatable bonds is 11. The molecule has 1 aromatic heterocycles. The lowest BCUT2D eigenvalue weighted by Gasteiger charge is -2.22. The summed E-state index contributed by atoms with van der Waals surface area (Å²) in [7, 11) is 0. The minimum Gasteiger partial charge on any atom is -0.374 e. The van der Waals surface area contributed by atoms with Crippen LogP contribution in [0.1, 0.15) is 49.3 Å². The number of hydrogen-bond acceptors (Lipinski definition) is 7. The van der Waals surface area contributed by atoms with E-state index < -0.39 is 17.6 Å². The summed E-state index contributed by atoms with van der Waals surface area (Å²) in [4.78, 5) is 13.9. The van der Waals surface area contributed by atoms with Gasteiger partial charge in [0.15, 0.2) is 5.82 Å². The highest BCUT2D eigenvalue weighted by Gasteiger charge is 2.28. The quantitative estimate of drug-likeness (QED) is 0.450. The molecule has 9 nitrogen and oxygen atoms in total. The van der Waals surface area contributed by atoms with E-state index in [0.29, 0.717) is 6.61 Å². The fourth-order valence-electron chi connectivity index (χ4n) is 3.02. The van der Waals surface area contributed by atoms with Crippen LogP contribution in [-0.2, 0) is 16.1 Å². The van der Waals surface area contributed by atoms with Gasteiger partial charge in [0, 0.05) is 0 Å². The first-order chi connectivity index (χ1) is 16.4. The minimum atomic E-state index is -1.09. The zero-order valence-electron chi connectivity index (χ0n) is 19.3. The standard InChI is InChI=1S/C25H29N7O2/c1-25(2,27)24(33)28-22(18-34-17-20-11-7-4-8-12-20)23-29-31-32(30-23)21(15-16-26)14-13-19-9-5-3-6-10-19/h3-14,21-22H,15,17-18,27H2,1-2H3,(H,28,33)/t21?,22-/m1/s1. The van der Waals surface area contributed by atoms with Gasteiger partial charge >= 0.3 is 0 Å². The highest BCUT2D eigenvalue weighted by molar-refractivity contribution is 5.85. The van der Waals surface area contributed by atoms with E-state index in [1.165, 1.54) is 4.80 Å². The monoisotopic (exact) mass is 459 g/mol. The smallest absolute Gasteiger partial charge is 0.240 e. The van der Waals surface area contributed by atoms with E-state index in [2.05, 4.69) is 26.8 Å². The van der Waals surface area contributed by atoms with Crippen molar-refractivity contribution in [2.24, 2.45) is 5.73 Å². The molecule has 0 saturated heterocycles. The summed E-state index contributed by atoms with van der Waals surface area (Å²) in [5.41, 5.74) is 6.86. The fraction of sp³-hybridized carbons (Fsp3) is 0.320. The zero-order chi connectivity index (χ0) is 24.4. The molecule has 0 aliphatic rings. The molecule has 9 heteroatoms. The summed E-state index contributed by atoms with van der Waals surface area (Å²) in [5.74, 6) is -0.0866. The first kappa shape index (κ1) is 24.8. The van der Waals surface area contributed by atoms with Crippen molar-refractivity contribution in [3.05, 3.63) is 83.7 Å². The lowest BCUT2D eigenvalue weighted by molar-refractivity contribution is -0.126. The van der Waals surface area contributed by atoms with E-state index in [9.17, 15) is 10.1 Å². The summed E-state index contributed by atoms with van der Waals surface area (Å²) in [6.45, 7) is 3.73. The molecule has 0 saturated carbocycles. The molecule has 2 atom stereocenters. The Morgan fingerprint density at radius 3 is 2.53 bits per heavy atom. The van der Waals surface area contributed by atoms with Crippen molar-refractivity contribution in [1.29, 1.82) is 5.26 Å². The first-order valence-electron chi connectivity index (χ1n) is 11.0. The van der Waals surface area contributed by atoms with Gasteiger partial charge in [0.25, 0.3) is 0 Å². The Bertz CT molecular complexity index is 1120. The van der Waals surface area contributed by atoms with E-state index in [-0.39, 0.29) is 24.8 Å². The number of benzene rings is 2. The lowest BCUT2D eigenvalue weighted by Crippen LogP contribution is -2.50. The van der Waals surface area contributed by atoms with Crippen molar-refractivity contribution >= 4 is 12.0 Å². The maximum Gasteiger partial charge on any atom is 0.240 e. The second-order valence-electron chi connectivity index (χ2n) is 8.42. The highest BCUT2D eigenvalue weighted by Crippen LogP contribution is 2.16. The number of hydrogen-bond donors (Lipinski definition) is 2. The number of carbonyl (C=O) groups is 1. The Morgan fingerprint density at radius 1 is 1.21 bits per heavy atom. The van der Waals surface area contributed by atoms with Crippen molar-refractivity contribution in [3.8, 4) is 6.07 Å². The number of amides is 1. The number of nitrogens with zero attached hydrogens (tertiary/aromatic N) is 5. The van der Waals surface area contributed by atoms with Gasteiger partial charge in [0.2, 0.25) is 5.91 Å². The molecule has 176 valence electrons. The Kier molecular flexibility index (Phi) is 8.62. The average molecular weight is 460 g/mol. The predicted molar refractivity (Wildman–Crippen MR) is 128 cm³/mol. The second-order valence-corrected chi connectivity index (χ2v) is 8.42. The Morgan fingerprint density at radius 2 is 1.88 bits per heavy atom. The van der Waals surface area contributed by atoms with Crippen molar-refractivity contribution in [1.82, 2.24) is 25.5 Å². The van der Waals surface area contributed by atoms with Crippen LogP contribution in [-0.4, -0.2) is 38.3 Å². The van der Waals surface area contributed by atoms with Crippen LogP contribution >= 0.6 is 0 Å². The summed E-state index contributed by atoms with van der Waals surface area (Å²) in [6.07, 6.45) is 3.92.